The van der Waals surface area contributed by atoms with E-state index in [1.54, 1.807) is 0 Å². The molecule has 0 aromatic heterocycles. The molecule has 2 heterocycles. The summed E-state index contributed by atoms with van der Waals surface area (Å²) in [4.78, 5) is 2.54. The highest BCUT2D eigenvalue weighted by atomic mass is 16.7. The molecular formula is C11H21NO2. The fourth-order valence-corrected chi connectivity index (χ4v) is 2.35. The lowest BCUT2D eigenvalue weighted by molar-refractivity contribution is -0.187. The van der Waals surface area contributed by atoms with Gasteiger partial charge < -0.3 is 14.4 Å². The molecule has 2 aliphatic rings. The van der Waals surface area contributed by atoms with Crippen LogP contribution >= 0.6 is 0 Å². The van der Waals surface area contributed by atoms with Crippen molar-refractivity contribution in [3.8, 4) is 0 Å². The maximum Gasteiger partial charge on any atom is 0.170 e. The van der Waals surface area contributed by atoms with Crippen molar-refractivity contribution in [2.24, 2.45) is 0 Å². The second-order valence-electron chi connectivity index (χ2n) is 4.40. The number of piperidine rings is 1. The number of rotatable bonds is 2. The number of likely N-dealkylation sites (tertiary alicyclic amines) is 1. The molecule has 14 heavy (non-hydrogen) atoms. The molecule has 0 bridgehead atoms. The molecule has 3 heteroatoms. The number of hydrogen-bond acceptors (Lipinski definition) is 3. The molecule has 0 aliphatic carbocycles. The van der Waals surface area contributed by atoms with Crippen molar-refractivity contribution >= 4 is 0 Å². The third-order valence-corrected chi connectivity index (χ3v) is 3.59. The van der Waals surface area contributed by atoms with E-state index in [0.717, 1.165) is 39.1 Å². The highest BCUT2D eigenvalue weighted by molar-refractivity contribution is 4.84. The minimum atomic E-state index is -0.204. The summed E-state index contributed by atoms with van der Waals surface area (Å²) in [5, 5.41) is 0. The lowest BCUT2D eigenvalue weighted by Gasteiger charge is -2.40. The predicted octanol–water partition coefficient (Wildman–Crippen LogP) is 1.62. The molecule has 82 valence electrons. The standard InChI is InChI=1S/C11H21NO2/c1-3-10(2)12-6-4-11(5-7-12)13-8-9-14-11/h10H,3-9H2,1-2H3. The first kappa shape index (κ1) is 10.4. The van der Waals surface area contributed by atoms with Crippen molar-refractivity contribution in [3.63, 3.8) is 0 Å². The van der Waals surface area contributed by atoms with Gasteiger partial charge in [-0.1, -0.05) is 6.92 Å². The number of hydrogen-bond donors (Lipinski definition) is 0. The first-order chi connectivity index (χ1) is 6.76. The SMILES string of the molecule is CCC(C)N1CCC2(CC1)OCCO2. The van der Waals surface area contributed by atoms with Gasteiger partial charge >= 0.3 is 0 Å². The molecule has 1 atom stereocenters. The van der Waals surface area contributed by atoms with E-state index in [1.807, 2.05) is 0 Å². The van der Waals surface area contributed by atoms with Crippen LogP contribution in [0, 0.1) is 0 Å². The second kappa shape index (κ2) is 4.17. The van der Waals surface area contributed by atoms with E-state index >= 15 is 0 Å². The van der Waals surface area contributed by atoms with Crippen LogP contribution in [0.3, 0.4) is 0 Å². The van der Waals surface area contributed by atoms with Crippen LogP contribution in [0.15, 0.2) is 0 Å². The third kappa shape index (κ3) is 1.95. The number of ether oxygens (including phenoxy) is 2. The van der Waals surface area contributed by atoms with Crippen LogP contribution in [0.5, 0.6) is 0 Å². The molecule has 0 saturated carbocycles. The molecule has 2 fully saturated rings. The van der Waals surface area contributed by atoms with Gasteiger partial charge in [0.05, 0.1) is 13.2 Å². The van der Waals surface area contributed by atoms with Crippen molar-refractivity contribution < 1.29 is 9.47 Å². The minimum absolute atomic E-state index is 0.204. The summed E-state index contributed by atoms with van der Waals surface area (Å²) in [6.45, 7) is 8.35. The Balaban J connectivity index is 1.85. The molecule has 1 unspecified atom stereocenters. The average molecular weight is 199 g/mol. The van der Waals surface area contributed by atoms with Gasteiger partial charge in [0, 0.05) is 32.0 Å². The van der Waals surface area contributed by atoms with Crippen molar-refractivity contribution in [1.82, 2.24) is 4.90 Å². The normalized spacial score (nSPS) is 29.6. The van der Waals surface area contributed by atoms with Gasteiger partial charge in [0.2, 0.25) is 0 Å². The van der Waals surface area contributed by atoms with Crippen LogP contribution in [-0.4, -0.2) is 43.0 Å². The Kier molecular flexibility index (Phi) is 3.10. The van der Waals surface area contributed by atoms with Crippen molar-refractivity contribution in [2.75, 3.05) is 26.3 Å². The third-order valence-electron chi connectivity index (χ3n) is 3.59. The Labute approximate surface area is 86.4 Å². The summed E-state index contributed by atoms with van der Waals surface area (Å²) >= 11 is 0. The van der Waals surface area contributed by atoms with E-state index in [0.29, 0.717) is 6.04 Å². The van der Waals surface area contributed by atoms with Gasteiger partial charge in [-0.3, -0.25) is 0 Å². The van der Waals surface area contributed by atoms with Gasteiger partial charge in [0.15, 0.2) is 5.79 Å². The summed E-state index contributed by atoms with van der Waals surface area (Å²) in [5.74, 6) is -0.204. The lowest BCUT2D eigenvalue weighted by Crippen LogP contribution is -2.47. The van der Waals surface area contributed by atoms with Gasteiger partial charge in [-0.2, -0.15) is 0 Å². The largest absolute Gasteiger partial charge is 0.347 e. The van der Waals surface area contributed by atoms with Crippen LogP contribution in [0.4, 0.5) is 0 Å². The molecule has 3 nitrogen and oxygen atoms in total. The van der Waals surface area contributed by atoms with E-state index in [2.05, 4.69) is 18.7 Å². The summed E-state index contributed by atoms with van der Waals surface area (Å²) in [6, 6.07) is 0.703. The molecule has 0 aromatic carbocycles. The Morgan fingerprint density at radius 2 is 1.79 bits per heavy atom. The molecule has 0 radical (unpaired) electrons. The molecule has 0 N–H and O–H groups in total. The van der Waals surface area contributed by atoms with E-state index in [4.69, 9.17) is 9.47 Å². The molecule has 0 amide bonds. The fourth-order valence-electron chi connectivity index (χ4n) is 2.35. The fraction of sp³-hybridized carbons (Fsp3) is 1.00. The summed E-state index contributed by atoms with van der Waals surface area (Å²) in [5.41, 5.74) is 0. The molecule has 2 aliphatic heterocycles. The number of nitrogens with zero attached hydrogens (tertiary/aromatic N) is 1. The second-order valence-corrected chi connectivity index (χ2v) is 4.40. The quantitative estimate of drug-likeness (QED) is 0.674. The first-order valence-electron chi connectivity index (χ1n) is 5.78. The van der Waals surface area contributed by atoms with E-state index in [-0.39, 0.29) is 5.79 Å². The van der Waals surface area contributed by atoms with Crippen molar-refractivity contribution in [3.05, 3.63) is 0 Å². The van der Waals surface area contributed by atoms with Gasteiger partial charge in [-0.05, 0) is 13.3 Å². The lowest BCUT2D eigenvalue weighted by atomic mass is 10.0. The maximum atomic E-state index is 5.69. The van der Waals surface area contributed by atoms with Gasteiger partial charge in [-0.25, -0.2) is 0 Å². The molecule has 1 spiro atoms. The first-order valence-corrected chi connectivity index (χ1v) is 5.78. The Morgan fingerprint density at radius 3 is 2.29 bits per heavy atom. The van der Waals surface area contributed by atoms with Gasteiger partial charge in [-0.15, -0.1) is 0 Å². The Hall–Kier alpha value is -0.120. The smallest absolute Gasteiger partial charge is 0.170 e. The van der Waals surface area contributed by atoms with Crippen LogP contribution in [0.2, 0.25) is 0 Å². The van der Waals surface area contributed by atoms with E-state index < -0.39 is 0 Å². The molecule has 0 aromatic rings. The van der Waals surface area contributed by atoms with Crippen LogP contribution in [-0.2, 0) is 9.47 Å². The van der Waals surface area contributed by atoms with Gasteiger partial charge in [0.25, 0.3) is 0 Å². The zero-order valence-corrected chi connectivity index (χ0v) is 9.29. The van der Waals surface area contributed by atoms with E-state index in [9.17, 15) is 0 Å². The van der Waals surface area contributed by atoms with Crippen LogP contribution in [0.25, 0.3) is 0 Å². The highest BCUT2D eigenvalue weighted by Crippen LogP contribution is 2.31. The zero-order chi connectivity index (χ0) is 10.0. The predicted molar refractivity (Wildman–Crippen MR) is 55.2 cm³/mol. The summed E-state index contributed by atoms with van der Waals surface area (Å²) < 4.78 is 11.4. The average Bonchev–Trinajstić information content (AvgIpc) is 2.67. The van der Waals surface area contributed by atoms with Crippen molar-refractivity contribution in [1.29, 1.82) is 0 Å². The molecular weight excluding hydrogens is 178 g/mol. The van der Waals surface area contributed by atoms with Crippen LogP contribution < -0.4 is 0 Å². The van der Waals surface area contributed by atoms with E-state index in [1.165, 1.54) is 6.42 Å². The maximum absolute atomic E-state index is 5.69. The van der Waals surface area contributed by atoms with Crippen molar-refractivity contribution in [2.45, 2.75) is 44.9 Å². The highest BCUT2D eigenvalue weighted by Gasteiger charge is 2.40. The summed E-state index contributed by atoms with van der Waals surface area (Å²) in [7, 11) is 0. The Bertz CT molecular complexity index is 180. The topological polar surface area (TPSA) is 21.7 Å². The molecule has 2 rings (SSSR count). The molecule has 2 saturated heterocycles. The summed E-state index contributed by atoms with van der Waals surface area (Å²) in [6.07, 6.45) is 3.31. The zero-order valence-electron chi connectivity index (χ0n) is 9.29. The van der Waals surface area contributed by atoms with Gasteiger partial charge in [0.1, 0.15) is 0 Å². The Morgan fingerprint density at radius 1 is 1.21 bits per heavy atom. The monoisotopic (exact) mass is 199 g/mol. The minimum Gasteiger partial charge on any atom is -0.347 e. The van der Waals surface area contributed by atoms with Crippen LogP contribution in [0.1, 0.15) is 33.1 Å².